The fraction of sp³-hybridized carbons (Fsp3) is 0.333. The van der Waals surface area contributed by atoms with Crippen LogP contribution in [0.4, 0.5) is 10.5 Å². The Labute approximate surface area is 221 Å². The molecule has 2 aromatic rings. The van der Waals surface area contributed by atoms with Crippen LogP contribution < -0.4 is 5.32 Å². The second-order valence-electron chi connectivity index (χ2n) is 8.10. The Morgan fingerprint density at radius 1 is 1.08 bits per heavy atom. The Kier molecular flexibility index (Phi) is 9.48. The van der Waals surface area contributed by atoms with Crippen molar-refractivity contribution in [1.29, 1.82) is 0 Å². The van der Waals surface area contributed by atoms with Gasteiger partial charge in [0.1, 0.15) is 19.3 Å². The predicted octanol–water partition coefficient (Wildman–Crippen LogP) is 3.38. The molecule has 0 radical (unpaired) electrons. The molecule has 1 aliphatic heterocycles. The minimum Gasteiger partial charge on any atom is -0.458 e. The smallest absolute Gasteiger partial charge is 0.408 e. The molecule has 1 aliphatic rings. The number of thioether (sulfide) groups is 1. The van der Waals surface area contributed by atoms with Crippen LogP contribution in [0, 0.1) is 10.1 Å². The molecule has 1 saturated heterocycles. The van der Waals surface area contributed by atoms with E-state index in [0.29, 0.717) is 5.56 Å². The van der Waals surface area contributed by atoms with E-state index in [9.17, 15) is 29.3 Å². The van der Waals surface area contributed by atoms with E-state index in [1.807, 2.05) is 6.07 Å². The Bertz CT molecular complexity index is 1160. The summed E-state index contributed by atoms with van der Waals surface area (Å²) in [4.78, 5) is 60.8. The van der Waals surface area contributed by atoms with Gasteiger partial charge in [0.15, 0.2) is 5.12 Å². The molecular formula is C24H24ClN3O8S. The van der Waals surface area contributed by atoms with Crippen LogP contribution >= 0.6 is 23.4 Å². The number of hydrogen-bond donors (Lipinski definition) is 1. The van der Waals surface area contributed by atoms with Crippen molar-refractivity contribution in [2.24, 2.45) is 0 Å². The lowest BCUT2D eigenvalue weighted by Gasteiger charge is -2.50. The van der Waals surface area contributed by atoms with Crippen LogP contribution in [0.25, 0.3) is 0 Å². The van der Waals surface area contributed by atoms with E-state index in [2.05, 4.69) is 5.32 Å². The van der Waals surface area contributed by atoms with Crippen LogP contribution in [-0.4, -0.2) is 55.7 Å². The summed E-state index contributed by atoms with van der Waals surface area (Å²) in [6, 6.07) is 12.5. The van der Waals surface area contributed by atoms with E-state index >= 15 is 0 Å². The van der Waals surface area contributed by atoms with Crippen molar-refractivity contribution in [1.82, 2.24) is 10.2 Å². The number of ether oxygens (including phenoxy) is 2. The monoisotopic (exact) mass is 549 g/mol. The van der Waals surface area contributed by atoms with Gasteiger partial charge in [0, 0.05) is 24.3 Å². The number of alkyl carbamates (subject to hydrolysis) is 1. The Hall–Kier alpha value is -3.64. The van der Waals surface area contributed by atoms with Gasteiger partial charge in [-0.3, -0.25) is 19.7 Å². The number of carbonyl (C=O) groups is 4. The summed E-state index contributed by atoms with van der Waals surface area (Å²) in [7, 11) is 0. The molecule has 0 saturated carbocycles. The molecule has 37 heavy (non-hydrogen) atoms. The first-order chi connectivity index (χ1) is 17.6. The van der Waals surface area contributed by atoms with Crippen LogP contribution in [-0.2, 0) is 37.1 Å². The third-order valence-electron chi connectivity index (χ3n) is 5.47. The maximum absolute atomic E-state index is 12.9. The highest BCUT2D eigenvalue weighted by Gasteiger charge is 2.55. The molecule has 0 aliphatic carbocycles. The lowest BCUT2D eigenvalue weighted by molar-refractivity contribution is -0.384. The van der Waals surface area contributed by atoms with Gasteiger partial charge in [-0.2, -0.15) is 0 Å². The number of amides is 2. The number of benzene rings is 2. The lowest BCUT2D eigenvalue weighted by Crippen LogP contribution is -2.75. The number of rotatable bonds is 10. The van der Waals surface area contributed by atoms with Crippen molar-refractivity contribution in [3.05, 3.63) is 75.8 Å². The zero-order chi connectivity index (χ0) is 27.1. The SMILES string of the molecule is CC(=O)S[C@H](C)[C@H]1[C@H](NC(=O)OCc2ccccc2)C(=O)N1C(Cl)C(=O)OCc1ccc([N+](=O)[O-])cc1. The highest BCUT2D eigenvalue weighted by Crippen LogP contribution is 2.34. The minimum atomic E-state index is -1.52. The van der Waals surface area contributed by atoms with Gasteiger partial charge in [0.25, 0.3) is 5.69 Å². The number of halogens is 1. The number of nitrogens with one attached hydrogen (secondary N) is 1. The molecular weight excluding hydrogens is 526 g/mol. The highest BCUT2D eigenvalue weighted by molar-refractivity contribution is 8.14. The molecule has 196 valence electrons. The molecule has 3 rings (SSSR count). The first-order valence-corrected chi connectivity index (χ1v) is 12.4. The van der Waals surface area contributed by atoms with Gasteiger partial charge in [-0.1, -0.05) is 60.6 Å². The largest absolute Gasteiger partial charge is 0.458 e. The minimum absolute atomic E-state index is 0.00713. The van der Waals surface area contributed by atoms with Crippen molar-refractivity contribution < 1.29 is 33.6 Å². The summed E-state index contributed by atoms with van der Waals surface area (Å²) in [6.07, 6.45) is -0.834. The summed E-state index contributed by atoms with van der Waals surface area (Å²) >= 11 is 7.22. The van der Waals surface area contributed by atoms with E-state index in [-0.39, 0.29) is 24.0 Å². The van der Waals surface area contributed by atoms with Gasteiger partial charge >= 0.3 is 12.1 Å². The first kappa shape index (κ1) is 27.9. The summed E-state index contributed by atoms with van der Waals surface area (Å²) in [5.74, 6) is -1.56. The van der Waals surface area contributed by atoms with Gasteiger partial charge < -0.3 is 19.7 Å². The quantitative estimate of drug-likeness (QED) is 0.118. The standard InChI is InChI=1S/C24H24ClN3O8S/c1-14(37-15(2)29)20-19(26-24(32)36-13-16-6-4-3-5-7-16)22(30)27(20)21(25)23(31)35-12-17-8-10-18(11-9-17)28(33)34/h3-11,14,19-21H,12-13H2,1-2H3,(H,26,32)/t14-,19+,20+,21?/m1/s1. The molecule has 1 heterocycles. The lowest BCUT2D eigenvalue weighted by atomic mass is 9.92. The molecule has 11 nitrogen and oxygen atoms in total. The number of esters is 1. The third kappa shape index (κ3) is 7.20. The number of nitro benzene ring substituents is 1. The summed E-state index contributed by atoms with van der Waals surface area (Å²) in [5.41, 5.74) is -0.399. The Balaban J connectivity index is 1.63. The molecule has 13 heteroatoms. The molecule has 1 N–H and O–H groups in total. The molecule has 0 bridgehead atoms. The summed E-state index contributed by atoms with van der Waals surface area (Å²) in [6.45, 7) is 2.80. The van der Waals surface area contributed by atoms with Crippen molar-refractivity contribution in [2.75, 3.05) is 0 Å². The van der Waals surface area contributed by atoms with Gasteiger partial charge in [-0.25, -0.2) is 9.59 Å². The number of likely N-dealkylation sites (tertiary alicyclic amines) is 1. The fourth-order valence-electron chi connectivity index (χ4n) is 3.71. The average molecular weight is 550 g/mol. The molecule has 2 aromatic carbocycles. The Morgan fingerprint density at radius 2 is 1.68 bits per heavy atom. The number of alkyl halides is 1. The molecule has 0 spiro atoms. The van der Waals surface area contributed by atoms with E-state index < -0.39 is 45.7 Å². The number of nitrogens with zero attached hydrogens (tertiary/aromatic N) is 2. The zero-order valence-corrected chi connectivity index (χ0v) is 21.4. The topological polar surface area (TPSA) is 145 Å². The number of hydrogen-bond acceptors (Lipinski definition) is 9. The van der Waals surface area contributed by atoms with Crippen LogP contribution in [0.3, 0.4) is 0 Å². The normalized spacial score (nSPS) is 18.2. The Morgan fingerprint density at radius 3 is 2.27 bits per heavy atom. The molecule has 0 aromatic heterocycles. The van der Waals surface area contributed by atoms with Gasteiger partial charge in [-0.05, 0) is 23.3 Å². The van der Waals surface area contributed by atoms with Crippen molar-refractivity contribution in [3.63, 3.8) is 0 Å². The van der Waals surface area contributed by atoms with E-state index in [0.717, 1.165) is 22.2 Å². The van der Waals surface area contributed by atoms with Crippen LogP contribution in [0.2, 0.25) is 0 Å². The van der Waals surface area contributed by atoms with Crippen LogP contribution in [0.15, 0.2) is 54.6 Å². The molecule has 2 amide bonds. The van der Waals surface area contributed by atoms with Crippen LogP contribution in [0.5, 0.6) is 0 Å². The number of β-lactam (4-membered cyclic amide) rings is 1. The predicted molar refractivity (Wildman–Crippen MR) is 134 cm³/mol. The number of carbonyl (C=O) groups excluding carboxylic acids is 4. The summed E-state index contributed by atoms with van der Waals surface area (Å²) in [5, 5.41) is 12.5. The van der Waals surface area contributed by atoms with Gasteiger partial charge in [0.05, 0.1) is 11.0 Å². The number of non-ortho nitro benzene ring substituents is 1. The third-order valence-corrected chi connectivity index (χ3v) is 6.84. The molecule has 1 unspecified atom stereocenters. The average Bonchev–Trinajstić information content (AvgIpc) is 2.87. The van der Waals surface area contributed by atoms with Crippen molar-refractivity contribution >= 4 is 52.1 Å². The van der Waals surface area contributed by atoms with Crippen molar-refractivity contribution in [2.45, 2.75) is 49.9 Å². The van der Waals surface area contributed by atoms with Crippen molar-refractivity contribution in [3.8, 4) is 0 Å². The maximum atomic E-state index is 12.9. The van der Waals surface area contributed by atoms with Gasteiger partial charge in [0.2, 0.25) is 11.4 Å². The van der Waals surface area contributed by atoms with E-state index in [4.69, 9.17) is 21.1 Å². The highest BCUT2D eigenvalue weighted by atomic mass is 35.5. The molecule has 1 fully saturated rings. The van der Waals surface area contributed by atoms with E-state index in [1.165, 1.54) is 31.2 Å². The van der Waals surface area contributed by atoms with E-state index in [1.54, 1.807) is 31.2 Å². The second-order valence-corrected chi connectivity index (χ2v) is 10.1. The molecule has 4 atom stereocenters. The fourth-order valence-corrected chi connectivity index (χ4v) is 4.95. The maximum Gasteiger partial charge on any atom is 0.408 e. The van der Waals surface area contributed by atoms with Gasteiger partial charge in [-0.15, -0.1) is 0 Å². The summed E-state index contributed by atoms with van der Waals surface area (Å²) < 4.78 is 10.4. The second kappa shape index (κ2) is 12.5. The number of nitro groups is 1. The zero-order valence-electron chi connectivity index (χ0n) is 19.9. The van der Waals surface area contributed by atoms with Crippen LogP contribution in [0.1, 0.15) is 25.0 Å². The first-order valence-electron chi connectivity index (χ1n) is 11.1.